The molecular weight excluding hydrogens is 312 g/mol. The highest BCUT2D eigenvalue weighted by Gasteiger charge is 2.17. The van der Waals surface area contributed by atoms with E-state index in [1.807, 2.05) is 12.1 Å². The first-order valence-electron chi connectivity index (χ1n) is 5.41. The van der Waals surface area contributed by atoms with E-state index >= 15 is 0 Å². The van der Waals surface area contributed by atoms with Gasteiger partial charge in [-0.2, -0.15) is 0 Å². The molecule has 0 bridgehead atoms. The molecule has 0 atom stereocenters. The van der Waals surface area contributed by atoms with E-state index in [0.29, 0.717) is 21.5 Å². The van der Waals surface area contributed by atoms with Crippen LogP contribution in [-0.4, -0.2) is 9.91 Å². The van der Waals surface area contributed by atoms with Crippen molar-refractivity contribution in [3.8, 4) is 0 Å². The highest BCUT2D eigenvalue weighted by molar-refractivity contribution is 9.10. The Labute approximate surface area is 117 Å². The van der Waals surface area contributed by atoms with E-state index < -0.39 is 4.92 Å². The number of pyridine rings is 1. The van der Waals surface area contributed by atoms with Gasteiger partial charge in [0, 0.05) is 16.9 Å². The molecule has 0 aliphatic carbocycles. The zero-order valence-electron chi connectivity index (χ0n) is 10.1. The van der Waals surface area contributed by atoms with E-state index in [2.05, 4.69) is 26.2 Å². The van der Waals surface area contributed by atoms with E-state index in [1.54, 1.807) is 19.1 Å². The topological polar surface area (TPSA) is 94.1 Å². The summed E-state index contributed by atoms with van der Waals surface area (Å²) in [5, 5.41) is 13.9. The number of nitrogen functional groups attached to an aromatic ring is 1. The van der Waals surface area contributed by atoms with Crippen molar-refractivity contribution >= 4 is 38.8 Å². The smallest absolute Gasteiger partial charge is 0.291 e. The van der Waals surface area contributed by atoms with E-state index in [9.17, 15) is 10.1 Å². The second kappa shape index (κ2) is 5.23. The average molecular weight is 323 g/mol. The molecule has 0 aliphatic rings. The van der Waals surface area contributed by atoms with Gasteiger partial charge in [-0.3, -0.25) is 10.1 Å². The number of nitrogens with one attached hydrogen (secondary N) is 1. The van der Waals surface area contributed by atoms with Crippen LogP contribution in [0.2, 0.25) is 0 Å². The van der Waals surface area contributed by atoms with Crippen LogP contribution in [-0.2, 0) is 0 Å². The largest absolute Gasteiger partial charge is 0.399 e. The monoisotopic (exact) mass is 322 g/mol. The molecule has 0 aliphatic heterocycles. The van der Waals surface area contributed by atoms with Gasteiger partial charge in [-0.25, -0.2) is 4.98 Å². The lowest BCUT2D eigenvalue weighted by Gasteiger charge is -2.09. The van der Waals surface area contributed by atoms with Gasteiger partial charge < -0.3 is 11.1 Å². The summed E-state index contributed by atoms with van der Waals surface area (Å²) in [5.41, 5.74) is 7.57. The molecule has 0 saturated carbocycles. The first-order chi connectivity index (χ1) is 8.99. The minimum atomic E-state index is -0.461. The van der Waals surface area contributed by atoms with Gasteiger partial charge in [-0.1, -0.05) is 6.07 Å². The third-order valence-electron chi connectivity index (χ3n) is 2.58. The van der Waals surface area contributed by atoms with Crippen LogP contribution in [0.4, 0.5) is 22.9 Å². The number of nitrogens with two attached hydrogens (primary N) is 1. The molecule has 19 heavy (non-hydrogen) atoms. The lowest BCUT2D eigenvalue weighted by atomic mass is 10.2. The van der Waals surface area contributed by atoms with Crippen molar-refractivity contribution in [1.82, 2.24) is 4.98 Å². The molecule has 0 fully saturated rings. The Balaban J connectivity index is 2.37. The van der Waals surface area contributed by atoms with Crippen LogP contribution in [0, 0.1) is 17.0 Å². The summed E-state index contributed by atoms with van der Waals surface area (Å²) in [5.74, 6) is 0.508. The van der Waals surface area contributed by atoms with Crippen molar-refractivity contribution in [2.45, 2.75) is 6.92 Å². The van der Waals surface area contributed by atoms with E-state index in [0.717, 1.165) is 5.69 Å². The standard InChI is InChI=1S/C12H11BrN4O2/c1-7-10(17(18)19)6-15-12(11(7)13)16-9-4-2-3-8(14)5-9/h2-6H,14H2,1H3,(H,15,16). The molecule has 6 nitrogen and oxygen atoms in total. The summed E-state index contributed by atoms with van der Waals surface area (Å²) in [7, 11) is 0. The summed E-state index contributed by atoms with van der Waals surface area (Å²) < 4.78 is 0.559. The minimum absolute atomic E-state index is 0.0231. The molecule has 2 rings (SSSR count). The Morgan fingerprint density at radius 1 is 1.47 bits per heavy atom. The maximum Gasteiger partial charge on any atom is 0.291 e. The first-order valence-corrected chi connectivity index (χ1v) is 6.20. The van der Waals surface area contributed by atoms with Gasteiger partial charge in [0.25, 0.3) is 5.69 Å². The molecule has 98 valence electrons. The third-order valence-corrected chi connectivity index (χ3v) is 3.55. The lowest BCUT2D eigenvalue weighted by molar-refractivity contribution is -0.385. The van der Waals surface area contributed by atoms with Gasteiger partial charge >= 0.3 is 0 Å². The Hall–Kier alpha value is -2.15. The Bertz CT molecular complexity index is 646. The predicted molar refractivity (Wildman–Crippen MR) is 77.5 cm³/mol. The van der Waals surface area contributed by atoms with Gasteiger partial charge in [-0.05, 0) is 41.1 Å². The fraction of sp³-hybridized carbons (Fsp3) is 0.0833. The third kappa shape index (κ3) is 2.82. The van der Waals surface area contributed by atoms with E-state index in [4.69, 9.17) is 5.73 Å². The molecule has 1 aromatic heterocycles. The first kappa shape index (κ1) is 13.3. The average Bonchev–Trinajstić information content (AvgIpc) is 2.35. The molecule has 0 saturated heterocycles. The number of rotatable bonds is 3. The molecule has 0 spiro atoms. The lowest BCUT2D eigenvalue weighted by Crippen LogP contribution is -2.00. The maximum atomic E-state index is 10.8. The molecule has 3 N–H and O–H groups in total. The highest BCUT2D eigenvalue weighted by Crippen LogP contribution is 2.32. The number of halogens is 1. The zero-order chi connectivity index (χ0) is 14.0. The van der Waals surface area contributed by atoms with Crippen LogP contribution >= 0.6 is 15.9 Å². The van der Waals surface area contributed by atoms with Gasteiger partial charge in [-0.15, -0.1) is 0 Å². The fourth-order valence-corrected chi connectivity index (χ4v) is 2.00. The molecule has 1 aromatic carbocycles. The van der Waals surface area contributed by atoms with Gasteiger partial charge in [0.2, 0.25) is 0 Å². The van der Waals surface area contributed by atoms with Gasteiger partial charge in [0.1, 0.15) is 12.0 Å². The van der Waals surface area contributed by atoms with E-state index in [1.165, 1.54) is 6.20 Å². The molecular formula is C12H11BrN4O2. The van der Waals surface area contributed by atoms with Crippen molar-refractivity contribution < 1.29 is 4.92 Å². The number of anilines is 3. The number of nitro groups is 1. The normalized spacial score (nSPS) is 10.2. The van der Waals surface area contributed by atoms with Crippen molar-refractivity contribution in [3.05, 3.63) is 50.6 Å². The number of benzene rings is 1. The van der Waals surface area contributed by atoms with Gasteiger partial charge in [0.15, 0.2) is 0 Å². The molecule has 0 unspecified atom stereocenters. The molecule has 7 heteroatoms. The number of aromatic nitrogens is 1. The second-order valence-corrected chi connectivity index (χ2v) is 4.73. The molecule has 0 radical (unpaired) electrons. The summed E-state index contributed by atoms with van der Waals surface area (Å²) in [6.45, 7) is 1.66. The SMILES string of the molecule is Cc1c([N+](=O)[O-])cnc(Nc2cccc(N)c2)c1Br. The summed E-state index contributed by atoms with van der Waals surface area (Å²) in [6, 6.07) is 7.17. The number of nitrogens with zero attached hydrogens (tertiary/aromatic N) is 2. The molecule has 2 aromatic rings. The molecule has 1 heterocycles. The van der Waals surface area contributed by atoms with Crippen LogP contribution in [0.5, 0.6) is 0 Å². The summed E-state index contributed by atoms with van der Waals surface area (Å²) >= 11 is 3.31. The Morgan fingerprint density at radius 2 is 2.21 bits per heavy atom. The Morgan fingerprint density at radius 3 is 2.84 bits per heavy atom. The number of hydrogen-bond donors (Lipinski definition) is 2. The van der Waals surface area contributed by atoms with Crippen molar-refractivity contribution in [3.63, 3.8) is 0 Å². The maximum absolute atomic E-state index is 10.8. The van der Waals surface area contributed by atoms with Crippen LogP contribution < -0.4 is 11.1 Å². The van der Waals surface area contributed by atoms with Crippen LogP contribution in [0.1, 0.15) is 5.56 Å². The second-order valence-electron chi connectivity index (χ2n) is 3.94. The summed E-state index contributed by atoms with van der Waals surface area (Å²) in [6.07, 6.45) is 1.23. The predicted octanol–water partition coefficient (Wildman–Crippen LogP) is 3.39. The molecule has 0 amide bonds. The van der Waals surface area contributed by atoms with E-state index in [-0.39, 0.29) is 5.69 Å². The van der Waals surface area contributed by atoms with Crippen molar-refractivity contribution in [1.29, 1.82) is 0 Å². The minimum Gasteiger partial charge on any atom is -0.399 e. The van der Waals surface area contributed by atoms with Crippen molar-refractivity contribution in [2.75, 3.05) is 11.1 Å². The number of hydrogen-bond acceptors (Lipinski definition) is 5. The fourth-order valence-electron chi connectivity index (χ4n) is 1.59. The summed E-state index contributed by atoms with van der Waals surface area (Å²) in [4.78, 5) is 14.4. The van der Waals surface area contributed by atoms with Crippen LogP contribution in [0.25, 0.3) is 0 Å². The highest BCUT2D eigenvalue weighted by atomic mass is 79.9. The Kier molecular flexibility index (Phi) is 3.66. The zero-order valence-corrected chi connectivity index (χ0v) is 11.6. The van der Waals surface area contributed by atoms with Crippen LogP contribution in [0.3, 0.4) is 0 Å². The van der Waals surface area contributed by atoms with Gasteiger partial charge in [0.05, 0.1) is 9.40 Å². The van der Waals surface area contributed by atoms with Crippen LogP contribution in [0.15, 0.2) is 34.9 Å². The van der Waals surface area contributed by atoms with Crippen molar-refractivity contribution in [2.24, 2.45) is 0 Å². The quantitative estimate of drug-likeness (QED) is 0.513.